The second kappa shape index (κ2) is 10.6. The summed E-state index contributed by atoms with van der Waals surface area (Å²) >= 11 is 0. The number of rotatable bonds is 6. The van der Waals surface area contributed by atoms with Gasteiger partial charge in [0.05, 0.1) is 21.7 Å². The van der Waals surface area contributed by atoms with Crippen molar-refractivity contribution in [1.82, 2.24) is 5.32 Å². The minimum absolute atomic E-state index is 0.00659. The molecule has 0 spiro atoms. The molecule has 4 aromatic rings. The second-order valence-corrected chi connectivity index (χ2v) is 10.8. The van der Waals surface area contributed by atoms with Gasteiger partial charge in [-0.2, -0.15) is 0 Å². The number of carbonyl (C=O) groups excluding carboxylic acids is 1. The smallest absolute Gasteiger partial charge is 0.251 e. The molecule has 0 heterocycles. The van der Waals surface area contributed by atoms with Gasteiger partial charge < -0.3 is 5.32 Å². The zero-order valence-electron chi connectivity index (χ0n) is 20.7. The van der Waals surface area contributed by atoms with Crippen LogP contribution < -0.4 is 5.32 Å². The van der Waals surface area contributed by atoms with Crippen LogP contribution in [0.1, 0.15) is 65.7 Å². The quantitative estimate of drug-likeness (QED) is 0.303. The van der Waals surface area contributed by atoms with E-state index in [4.69, 9.17) is 0 Å². The van der Waals surface area contributed by atoms with Crippen LogP contribution in [0.3, 0.4) is 0 Å². The average Bonchev–Trinajstić information content (AvgIpc) is 3.09. The summed E-state index contributed by atoms with van der Waals surface area (Å²) < 4.78 is 13.8. The summed E-state index contributed by atoms with van der Waals surface area (Å²) in [6.45, 7) is 4.21. The topological polar surface area (TPSA) is 46.2 Å². The predicted molar refractivity (Wildman–Crippen MR) is 149 cm³/mol. The molecule has 4 heteroatoms. The van der Waals surface area contributed by atoms with Crippen molar-refractivity contribution in [2.75, 3.05) is 0 Å². The third kappa shape index (κ3) is 4.78. The Morgan fingerprint density at radius 3 is 2.53 bits per heavy atom. The number of carbonyl (C=O) groups is 1. The SMILES string of the molecule is CCC(NC(=O)c1ccc2c(c1)CCC=C(S(=O)c1cccc3ccccc13)C2C)c1ccccc1. The molecule has 0 radical (unpaired) electrons. The van der Waals surface area contributed by atoms with Crippen LogP contribution in [0, 0.1) is 0 Å². The second-order valence-electron chi connectivity index (χ2n) is 9.37. The van der Waals surface area contributed by atoms with Gasteiger partial charge in [0.2, 0.25) is 0 Å². The first-order chi connectivity index (χ1) is 17.6. The van der Waals surface area contributed by atoms with Gasteiger partial charge in [0.1, 0.15) is 0 Å². The van der Waals surface area contributed by atoms with E-state index >= 15 is 0 Å². The fraction of sp³-hybridized carbons (Fsp3) is 0.219. The minimum atomic E-state index is -1.26. The van der Waals surface area contributed by atoms with Gasteiger partial charge in [-0.3, -0.25) is 4.79 Å². The molecular weight excluding hydrogens is 462 g/mol. The number of benzene rings is 4. The van der Waals surface area contributed by atoms with Crippen LogP contribution in [0.5, 0.6) is 0 Å². The maximum absolute atomic E-state index is 13.8. The first-order valence-corrected chi connectivity index (χ1v) is 13.8. The fourth-order valence-electron chi connectivity index (χ4n) is 5.15. The van der Waals surface area contributed by atoms with Crippen LogP contribution in [0.15, 0.2) is 107 Å². The molecule has 1 amide bonds. The Bertz CT molecular complexity index is 1450. The van der Waals surface area contributed by atoms with Crippen LogP contribution in [-0.2, 0) is 17.2 Å². The molecule has 4 aromatic carbocycles. The van der Waals surface area contributed by atoms with Gasteiger partial charge in [-0.05, 0) is 64.9 Å². The minimum Gasteiger partial charge on any atom is -0.345 e. The van der Waals surface area contributed by atoms with E-state index in [9.17, 15) is 9.00 Å². The van der Waals surface area contributed by atoms with E-state index < -0.39 is 10.8 Å². The van der Waals surface area contributed by atoms with Gasteiger partial charge in [-0.15, -0.1) is 0 Å². The highest BCUT2D eigenvalue weighted by molar-refractivity contribution is 7.89. The molecule has 1 aliphatic rings. The maximum Gasteiger partial charge on any atom is 0.251 e. The summed E-state index contributed by atoms with van der Waals surface area (Å²) in [6.07, 6.45) is 4.60. The molecule has 0 saturated carbocycles. The number of aryl methyl sites for hydroxylation is 1. The van der Waals surface area contributed by atoms with Crippen molar-refractivity contribution < 1.29 is 9.00 Å². The van der Waals surface area contributed by atoms with Gasteiger partial charge in [0.25, 0.3) is 5.91 Å². The molecule has 0 aromatic heterocycles. The lowest BCUT2D eigenvalue weighted by atomic mass is 9.93. The predicted octanol–water partition coefficient (Wildman–Crippen LogP) is 7.46. The summed E-state index contributed by atoms with van der Waals surface area (Å²) in [6, 6.07) is 30.2. The van der Waals surface area contributed by atoms with Crippen molar-refractivity contribution >= 4 is 27.5 Å². The van der Waals surface area contributed by atoms with Crippen molar-refractivity contribution in [1.29, 1.82) is 0 Å². The lowest BCUT2D eigenvalue weighted by Crippen LogP contribution is -2.28. The Kier molecular flexibility index (Phi) is 7.15. The van der Waals surface area contributed by atoms with E-state index in [1.807, 2.05) is 60.7 Å². The van der Waals surface area contributed by atoms with E-state index in [1.165, 1.54) is 0 Å². The van der Waals surface area contributed by atoms with E-state index in [-0.39, 0.29) is 17.9 Å². The molecular formula is C32H31NO2S. The summed E-state index contributed by atoms with van der Waals surface area (Å²) in [5.41, 5.74) is 4.10. The molecule has 1 N–H and O–H groups in total. The summed E-state index contributed by atoms with van der Waals surface area (Å²) in [5.74, 6) is -0.0509. The highest BCUT2D eigenvalue weighted by atomic mass is 32.2. The first kappa shape index (κ1) is 24.2. The Morgan fingerprint density at radius 2 is 1.72 bits per heavy atom. The van der Waals surface area contributed by atoms with E-state index in [2.05, 4.69) is 55.6 Å². The number of hydrogen-bond donors (Lipinski definition) is 1. The molecule has 0 saturated heterocycles. The van der Waals surface area contributed by atoms with E-state index in [1.54, 1.807) is 0 Å². The fourth-order valence-corrected chi connectivity index (χ4v) is 6.71. The Morgan fingerprint density at radius 1 is 0.972 bits per heavy atom. The molecule has 0 aliphatic heterocycles. The van der Waals surface area contributed by atoms with Crippen molar-refractivity contribution in [3.63, 3.8) is 0 Å². The molecule has 3 unspecified atom stereocenters. The first-order valence-electron chi connectivity index (χ1n) is 12.6. The highest BCUT2D eigenvalue weighted by Gasteiger charge is 2.25. The Labute approximate surface area is 215 Å². The molecule has 1 aliphatic carbocycles. The van der Waals surface area contributed by atoms with Crippen molar-refractivity contribution in [3.8, 4) is 0 Å². The normalized spacial score (nSPS) is 16.9. The zero-order chi connectivity index (χ0) is 25.1. The molecule has 0 fully saturated rings. The lowest BCUT2D eigenvalue weighted by Gasteiger charge is -2.20. The van der Waals surface area contributed by atoms with Crippen LogP contribution in [-0.4, -0.2) is 10.1 Å². The monoisotopic (exact) mass is 493 g/mol. The van der Waals surface area contributed by atoms with Gasteiger partial charge in [-0.25, -0.2) is 4.21 Å². The van der Waals surface area contributed by atoms with Gasteiger partial charge >= 0.3 is 0 Å². The largest absolute Gasteiger partial charge is 0.345 e. The van der Waals surface area contributed by atoms with Gasteiger partial charge in [0, 0.05) is 16.4 Å². The molecule has 0 bridgehead atoms. The van der Waals surface area contributed by atoms with Gasteiger partial charge in [0.15, 0.2) is 0 Å². The molecule has 3 nitrogen and oxygen atoms in total. The van der Waals surface area contributed by atoms with E-state index in [0.717, 1.165) is 56.5 Å². The number of hydrogen-bond acceptors (Lipinski definition) is 2. The molecule has 36 heavy (non-hydrogen) atoms. The maximum atomic E-state index is 13.8. The number of fused-ring (bicyclic) bond motifs is 2. The molecule has 5 rings (SSSR count). The standard InChI is InChI=1S/C32H31NO2S/c1-3-29(24-12-5-4-6-13-24)33-32(34)26-19-20-27-22(2)30(17-10-15-25(27)21-26)36(35)31-18-9-14-23-11-7-8-16-28(23)31/h4-9,11-14,16-22,29H,3,10,15H2,1-2H3,(H,33,34). The van der Waals surface area contributed by atoms with Crippen molar-refractivity contribution in [3.05, 3.63) is 124 Å². The third-order valence-corrected chi connectivity index (χ3v) is 8.84. The van der Waals surface area contributed by atoms with E-state index in [0.29, 0.717) is 5.56 Å². The number of allylic oxidation sites excluding steroid dienone is 2. The lowest BCUT2D eigenvalue weighted by molar-refractivity contribution is 0.0935. The van der Waals surface area contributed by atoms with Crippen molar-refractivity contribution in [2.24, 2.45) is 0 Å². The number of nitrogens with one attached hydrogen (secondary N) is 1. The third-order valence-electron chi connectivity index (χ3n) is 7.14. The summed E-state index contributed by atoms with van der Waals surface area (Å²) in [5, 5.41) is 5.33. The number of amides is 1. The molecule has 3 atom stereocenters. The van der Waals surface area contributed by atoms with Crippen LogP contribution >= 0.6 is 0 Å². The Balaban J connectivity index is 1.40. The van der Waals surface area contributed by atoms with Crippen molar-refractivity contribution in [2.45, 2.75) is 50.0 Å². The zero-order valence-corrected chi connectivity index (χ0v) is 21.6. The highest BCUT2D eigenvalue weighted by Crippen LogP contribution is 2.37. The summed E-state index contributed by atoms with van der Waals surface area (Å²) in [4.78, 5) is 15.0. The summed E-state index contributed by atoms with van der Waals surface area (Å²) in [7, 11) is -1.26. The van der Waals surface area contributed by atoms with Crippen LogP contribution in [0.25, 0.3) is 10.8 Å². The molecule has 182 valence electrons. The Hall–Kier alpha value is -3.50. The average molecular weight is 494 g/mol. The van der Waals surface area contributed by atoms with Crippen LogP contribution in [0.4, 0.5) is 0 Å². The van der Waals surface area contributed by atoms with Crippen LogP contribution in [0.2, 0.25) is 0 Å². The van der Waals surface area contributed by atoms with Gasteiger partial charge in [-0.1, -0.05) is 92.7 Å².